The highest BCUT2D eigenvalue weighted by molar-refractivity contribution is 7.98. The Labute approximate surface area is 104 Å². The molecule has 0 amide bonds. The molecule has 4 heteroatoms. The molecule has 0 atom stereocenters. The Morgan fingerprint density at radius 2 is 2.06 bits per heavy atom. The summed E-state index contributed by atoms with van der Waals surface area (Å²) in [6.45, 7) is 0.889. The van der Waals surface area contributed by atoms with Crippen LogP contribution in [0, 0.1) is 0 Å². The average Bonchev–Trinajstić information content (AvgIpc) is 2.78. The first-order valence-corrected chi connectivity index (χ1v) is 7.11. The first-order chi connectivity index (χ1) is 7.83. The van der Waals surface area contributed by atoms with Crippen LogP contribution in [0.5, 0.6) is 0 Å². The van der Waals surface area contributed by atoms with Gasteiger partial charge in [0.1, 0.15) is 5.01 Å². The van der Waals surface area contributed by atoms with Crippen molar-refractivity contribution in [1.29, 1.82) is 0 Å². The Kier molecular flexibility index (Phi) is 3.98. The van der Waals surface area contributed by atoms with Crippen LogP contribution in [0.4, 0.5) is 0 Å². The Hall–Kier alpha value is -0.840. The normalized spacial score (nSPS) is 10.6. The van der Waals surface area contributed by atoms with E-state index in [-0.39, 0.29) is 0 Å². The standard InChI is InChI=1S/C12H14N2S2/c1-13-7-11-8-14-12(16-11)9-3-5-10(15-2)6-4-9/h3-6,8,13H,7H2,1-2H3. The SMILES string of the molecule is CNCc1cnc(-c2ccc(SC)cc2)s1. The highest BCUT2D eigenvalue weighted by atomic mass is 32.2. The number of thiazole rings is 1. The predicted molar refractivity (Wildman–Crippen MR) is 72.1 cm³/mol. The summed E-state index contributed by atoms with van der Waals surface area (Å²) in [6.07, 6.45) is 4.03. The molecule has 0 unspecified atom stereocenters. The third kappa shape index (κ3) is 2.64. The molecule has 2 rings (SSSR count). The van der Waals surface area contributed by atoms with Crippen molar-refractivity contribution in [2.24, 2.45) is 0 Å². The molecule has 0 aliphatic rings. The second kappa shape index (κ2) is 5.48. The highest BCUT2D eigenvalue weighted by Gasteiger charge is 2.03. The molecule has 16 heavy (non-hydrogen) atoms. The van der Waals surface area contributed by atoms with Gasteiger partial charge >= 0.3 is 0 Å². The van der Waals surface area contributed by atoms with E-state index < -0.39 is 0 Å². The average molecular weight is 250 g/mol. The summed E-state index contributed by atoms with van der Waals surface area (Å²) in [4.78, 5) is 6.99. The summed E-state index contributed by atoms with van der Waals surface area (Å²) in [5.74, 6) is 0. The van der Waals surface area contributed by atoms with E-state index in [0.29, 0.717) is 0 Å². The smallest absolute Gasteiger partial charge is 0.123 e. The van der Waals surface area contributed by atoms with Gasteiger partial charge in [0, 0.05) is 28.1 Å². The molecule has 0 fully saturated rings. The number of nitrogens with zero attached hydrogens (tertiary/aromatic N) is 1. The van der Waals surface area contributed by atoms with Crippen molar-refractivity contribution in [3.05, 3.63) is 35.3 Å². The molecule has 1 N–H and O–H groups in total. The maximum Gasteiger partial charge on any atom is 0.123 e. The second-order valence-corrected chi connectivity index (χ2v) is 5.39. The zero-order valence-electron chi connectivity index (χ0n) is 9.36. The minimum Gasteiger partial charge on any atom is -0.315 e. The molecule has 0 aliphatic carbocycles. The molecule has 2 aromatic rings. The number of hydrogen-bond donors (Lipinski definition) is 1. The molecule has 1 heterocycles. The molecule has 0 saturated carbocycles. The van der Waals surface area contributed by atoms with Crippen LogP contribution in [0.25, 0.3) is 10.6 Å². The van der Waals surface area contributed by atoms with Gasteiger partial charge in [-0.05, 0) is 25.4 Å². The lowest BCUT2D eigenvalue weighted by molar-refractivity contribution is 0.829. The van der Waals surface area contributed by atoms with Crippen molar-refractivity contribution in [1.82, 2.24) is 10.3 Å². The first kappa shape index (κ1) is 11.6. The number of thioether (sulfide) groups is 1. The zero-order chi connectivity index (χ0) is 11.4. The lowest BCUT2D eigenvalue weighted by atomic mass is 10.2. The van der Waals surface area contributed by atoms with Gasteiger partial charge < -0.3 is 5.32 Å². The summed E-state index contributed by atoms with van der Waals surface area (Å²) >= 11 is 3.50. The quantitative estimate of drug-likeness (QED) is 0.843. The third-order valence-electron chi connectivity index (χ3n) is 2.24. The molecule has 0 saturated heterocycles. The van der Waals surface area contributed by atoms with Crippen LogP contribution in [0.1, 0.15) is 4.88 Å². The van der Waals surface area contributed by atoms with Crippen molar-refractivity contribution in [3.63, 3.8) is 0 Å². The monoisotopic (exact) mass is 250 g/mol. The Balaban J connectivity index is 2.21. The summed E-state index contributed by atoms with van der Waals surface area (Å²) in [7, 11) is 1.95. The van der Waals surface area contributed by atoms with Crippen LogP contribution in [0.3, 0.4) is 0 Å². The number of nitrogens with one attached hydrogen (secondary N) is 1. The maximum atomic E-state index is 4.43. The number of rotatable bonds is 4. The van der Waals surface area contributed by atoms with Gasteiger partial charge in [0.25, 0.3) is 0 Å². The predicted octanol–water partition coefficient (Wildman–Crippen LogP) is 3.25. The van der Waals surface area contributed by atoms with E-state index in [4.69, 9.17) is 0 Å². The van der Waals surface area contributed by atoms with Gasteiger partial charge in [-0.2, -0.15) is 0 Å². The molecule has 0 bridgehead atoms. The van der Waals surface area contributed by atoms with Gasteiger partial charge in [-0.3, -0.25) is 0 Å². The number of hydrogen-bond acceptors (Lipinski definition) is 4. The molecule has 0 aliphatic heterocycles. The van der Waals surface area contributed by atoms with E-state index >= 15 is 0 Å². The van der Waals surface area contributed by atoms with E-state index in [9.17, 15) is 0 Å². The van der Waals surface area contributed by atoms with Crippen molar-refractivity contribution < 1.29 is 0 Å². The fourth-order valence-electron chi connectivity index (χ4n) is 1.43. The molecule has 1 aromatic carbocycles. The van der Waals surface area contributed by atoms with Gasteiger partial charge in [-0.15, -0.1) is 23.1 Å². The van der Waals surface area contributed by atoms with Crippen LogP contribution >= 0.6 is 23.1 Å². The van der Waals surface area contributed by atoms with Gasteiger partial charge in [-0.1, -0.05) is 12.1 Å². The van der Waals surface area contributed by atoms with Crippen LogP contribution in [0.15, 0.2) is 35.4 Å². The lowest BCUT2D eigenvalue weighted by Gasteiger charge is -1.98. The number of benzene rings is 1. The summed E-state index contributed by atoms with van der Waals surface area (Å²) in [5, 5.41) is 4.23. The molecular formula is C12H14N2S2. The van der Waals surface area contributed by atoms with Gasteiger partial charge in [-0.25, -0.2) is 4.98 Å². The molecular weight excluding hydrogens is 236 g/mol. The number of aromatic nitrogens is 1. The Bertz CT molecular complexity index is 448. The largest absolute Gasteiger partial charge is 0.315 e. The fraction of sp³-hybridized carbons (Fsp3) is 0.250. The van der Waals surface area contributed by atoms with E-state index in [0.717, 1.165) is 11.6 Å². The van der Waals surface area contributed by atoms with E-state index in [1.807, 2.05) is 13.2 Å². The highest BCUT2D eigenvalue weighted by Crippen LogP contribution is 2.26. The van der Waals surface area contributed by atoms with E-state index in [2.05, 4.69) is 40.8 Å². The molecule has 0 spiro atoms. The van der Waals surface area contributed by atoms with E-state index in [1.165, 1.54) is 15.3 Å². The minimum absolute atomic E-state index is 0.889. The van der Waals surface area contributed by atoms with E-state index in [1.54, 1.807) is 23.1 Å². The van der Waals surface area contributed by atoms with Crippen molar-refractivity contribution in [3.8, 4) is 10.6 Å². The molecule has 1 aromatic heterocycles. The van der Waals surface area contributed by atoms with Crippen LogP contribution in [-0.2, 0) is 6.54 Å². The summed E-state index contributed by atoms with van der Waals surface area (Å²) < 4.78 is 0. The summed E-state index contributed by atoms with van der Waals surface area (Å²) in [6, 6.07) is 8.54. The van der Waals surface area contributed by atoms with Gasteiger partial charge in [0.2, 0.25) is 0 Å². The second-order valence-electron chi connectivity index (χ2n) is 3.39. The third-order valence-corrected chi connectivity index (χ3v) is 4.03. The van der Waals surface area contributed by atoms with Crippen molar-refractivity contribution >= 4 is 23.1 Å². The Morgan fingerprint density at radius 3 is 2.69 bits per heavy atom. The molecule has 84 valence electrons. The van der Waals surface area contributed by atoms with Crippen LogP contribution < -0.4 is 5.32 Å². The molecule has 2 nitrogen and oxygen atoms in total. The van der Waals surface area contributed by atoms with Crippen molar-refractivity contribution in [2.45, 2.75) is 11.4 Å². The van der Waals surface area contributed by atoms with Crippen LogP contribution in [-0.4, -0.2) is 18.3 Å². The first-order valence-electron chi connectivity index (χ1n) is 5.07. The topological polar surface area (TPSA) is 24.9 Å². The minimum atomic E-state index is 0.889. The maximum absolute atomic E-state index is 4.43. The van der Waals surface area contributed by atoms with Crippen LogP contribution in [0.2, 0.25) is 0 Å². The zero-order valence-corrected chi connectivity index (χ0v) is 11.0. The Morgan fingerprint density at radius 1 is 1.31 bits per heavy atom. The van der Waals surface area contributed by atoms with Gasteiger partial charge in [0.15, 0.2) is 0 Å². The fourth-order valence-corrected chi connectivity index (χ4v) is 2.77. The summed E-state index contributed by atoms with van der Waals surface area (Å²) in [5.41, 5.74) is 1.20. The lowest BCUT2D eigenvalue weighted by Crippen LogP contribution is -2.02. The van der Waals surface area contributed by atoms with Gasteiger partial charge in [0.05, 0.1) is 0 Å². The molecule has 0 radical (unpaired) electrons. The van der Waals surface area contributed by atoms with Crippen molar-refractivity contribution in [2.75, 3.05) is 13.3 Å².